The molecule has 5 heteroatoms. The number of carbonyl (C=O) groups is 1. The minimum atomic E-state index is -0.204. The summed E-state index contributed by atoms with van der Waals surface area (Å²) in [6, 6.07) is 13.4. The van der Waals surface area contributed by atoms with Crippen molar-refractivity contribution < 1.29 is 14.3 Å². The Balaban J connectivity index is 1.63. The first-order valence-electron chi connectivity index (χ1n) is 10.4. The highest BCUT2D eigenvalue weighted by Crippen LogP contribution is 2.29. The summed E-state index contributed by atoms with van der Waals surface area (Å²) < 4.78 is 10.7. The summed E-state index contributed by atoms with van der Waals surface area (Å²) in [5.74, 6) is 1.37. The molecule has 156 valence electrons. The molecule has 1 saturated heterocycles. The van der Waals surface area contributed by atoms with Crippen LogP contribution in [0.15, 0.2) is 42.5 Å². The molecule has 0 spiro atoms. The standard InChI is InChI=1S/C24H32N2O3/c1-18(22-16-21(28-2)12-13-23(22)29-3)25-24(27)20-10-8-19(9-11-20)17-26-14-6-4-5-7-15-26/h8-13,16,18H,4-7,14-15,17H2,1-3H3,(H,25,27). The molecule has 0 aromatic heterocycles. The van der Waals surface area contributed by atoms with Crippen molar-refractivity contribution >= 4 is 5.91 Å². The Morgan fingerprint density at radius 1 is 1.00 bits per heavy atom. The highest BCUT2D eigenvalue weighted by molar-refractivity contribution is 5.94. The molecule has 1 fully saturated rings. The third kappa shape index (κ3) is 5.73. The Bertz CT molecular complexity index is 796. The monoisotopic (exact) mass is 396 g/mol. The van der Waals surface area contributed by atoms with Crippen LogP contribution in [0.1, 0.15) is 60.1 Å². The lowest BCUT2D eigenvalue weighted by Gasteiger charge is -2.20. The van der Waals surface area contributed by atoms with Gasteiger partial charge in [0.1, 0.15) is 11.5 Å². The molecule has 1 aliphatic heterocycles. The van der Waals surface area contributed by atoms with E-state index in [0.29, 0.717) is 5.56 Å². The summed E-state index contributed by atoms with van der Waals surface area (Å²) in [6.07, 6.45) is 5.25. The van der Waals surface area contributed by atoms with Gasteiger partial charge in [0, 0.05) is 17.7 Å². The number of hydrogen-bond acceptors (Lipinski definition) is 4. The number of amides is 1. The summed E-state index contributed by atoms with van der Waals surface area (Å²) in [6.45, 7) is 5.24. The van der Waals surface area contributed by atoms with Gasteiger partial charge in [-0.15, -0.1) is 0 Å². The maximum atomic E-state index is 12.7. The molecule has 0 radical (unpaired) electrons. The van der Waals surface area contributed by atoms with Crippen molar-refractivity contribution in [3.8, 4) is 11.5 Å². The molecule has 29 heavy (non-hydrogen) atoms. The van der Waals surface area contributed by atoms with Crippen molar-refractivity contribution in [1.82, 2.24) is 10.2 Å². The number of carbonyl (C=O) groups excluding carboxylic acids is 1. The van der Waals surface area contributed by atoms with E-state index >= 15 is 0 Å². The molecule has 1 amide bonds. The molecule has 1 unspecified atom stereocenters. The summed E-state index contributed by atoms with van der Waals surface area (Å²) in [5, 5.41) is 3.06. The zero-order valence-electron chi connectivity index (χ0n) is 17.7. The normalized spacial score (nSPS) is 16.0. The summed E-state index contributed by atoms with van der Waals surface area (Å²) in [4.78, 5) is 15.2. The topological polar surface area (TPSA) is 50.8 Å². The van der Waals surface area contributed by atoms with E-state index in [-0.39, 0.29) is 11.9 Å². The molecule has 1 N–H and O–H groups in total. The fraction of sp³-hybridized carbons (Fsp3) is 0.458. The van der Waals surface area contributed by atoms with Gasteiger partial charge in [0.05, 0.1) is 20.3 Å². The number of methoxy groups -OCH3 is 2. The van der Waals surface area contributed by atoms with Crippen molar-refractivity contribution in [2.75, 3.05) is 27.3 Å². The number of benzene rings is 2. The van der Waals surface area contributed by atoms with Crippen molar-refractivity contribution in [2.45, 2.75) is 45.2 Å². The number of hydrogen-bond donors (Lipinski definition) is 1. The molecule has 3 rings (SSSR count). The predicted octanol–water partition coefficient (Wildman–Crippen LogP) is 4.57. The van der Waals surface area contributed by atoms with Crippen molar-refractivity contribution in [2.24, 2.45) is 0 Å². The van der Waals surface area contributed by atoms with E-state index in [4.69, 9.17) is 9.47 Å². The molecule has 2 aromatic carbocycles. The Kier molecular flexibility index (Phi) is 7.53. The average Bonchev–Trinajstić information content (AvgIpc) is 3.02. The molecule has 1 atom stereocenters. The van der Waals surface area contributed by atoms with E-state index in [2.05, 4.69) is 22.3 Å². The number of nitrogens with zero attached hydrogens (tertiary/aromatic N) is 1. The van der Waals surface area contributed by atoms with E-state index in [1.165, 1.54) is 44.3 Å². The van der Waals surface area contributed by atoms with E-state index in [1.807, 2.05) is 37.3 Å². The van der Waals surface area contributed by atoms with Crippen LogP contribution in [-0.4, -0.2) is 38.1 Å². The van der Waals surface area contributed by atoms with Gasteiger partial charge in [0.25, 0.3) is 5.91 Å². The van der Waals surface area contributed by atoms with Crippen LogP contribution in [0, 0.1) is 0 Å². The largest absolute Gasteiger partial charge is 0.497 e. The maximum absolute atomic E-state index is 12.7. The van der Waals surface area contributed by atoms with Crippen LogP contribution in [0.3, 0.4) is 0 Å². The molecule has 5 nitrogen and oxygen atoms in total. The first-order valence-corrected chi connectivity index (χ1v) is 10.4. The molecule has 0 aliphatic carbocycles. The van der Waals surface area contributed by atoms with Crippen molar-refractivity contribution in [1.29, 1.82) is 0 Å². The lowest BCUT2D eigenvalue weighted by Crippen LogP contribution is -2.27. The number of nitrogens with one attached hydrogen (secondary N) is 1. The van der Waals surface area contributed by atoms with E-state index in [0.717, 1.165) is 23.6 Å². The van der Waals surface area contributed by atoms with Gasteiger partial charge in [-0.2, -0.15) is 0 Å². The van der Waals surface area contributed by atoms with Crippen LogP contribution >= 0.6 is 0 Å². The first kappa shape index (κ1) is 21.2. The highest BCUT2D eigenvalue weighted by Gasteiger charge is 2.16. The van der Waals surface area contributed by atoms with Gasteiger partial charge in [-0.1, -0.05) is 25.0 Å². The van der Waals surface area contributed by atoms with Crippen LogP contribution < -0.4 is 14.8 Å². The molecule has 0 bridgehead atoms. The third-order valence-corrected chi connectivity index (χ3v) is 5.57. The second kappa shape index (κ2) is 10.3. The Morgan fingerprint density at radius 3 is 2.31 bits per heavy atom. The Hall–Kier alpha value is -2.53. The van der Waals surface area contributed by atoms with Crippen LogP contribution in [0.4, 0.5) is 0 Å². The lowest BCUT2D eigenvalue weighted by atomic mass is 10.1. The maximum Gasteiger partial charge on any atom is 0.251 e. The lowest BCUT2D eigenvalue weighted by molar-refractivity contribution is 0.0939. The van der Waals surface area contributed by atoms with Crippen LogP contribution in [0.25, 0.3) is 0 Å². The number of ether oxygens (including phenoxy) is 2. The van der Waals surface area contributed by atoms with Crippen LogP contribution in [-0.2, 0) is 6.54 Å². The minimum Gasteiger partial charge on any atom is -0.497 e. The number of rotatable bonds is 7. The zero-order valence-corrected chi connectivity index (χ0v) is 17.7. The van der Waals surface area contributed by atoms with Crippen molar-refractivity contribution in [3.63, 3.8) is 0 Å². The van der Waals surface area contributed by atoms with Crippen LogP contribution in [0.5, 0.6) is 11.5 Å². The Morgan fingerprint density at radius 2 is 1.69 bits per heavy atom. The smallest absolute Gasteiger partial charge is 0.251 e. The quantitative estimate of drug-likeness (QED) is 0.745. The summed E-state index contributed by atoms with van der Waals surface area (Å²) in [5.41, 5.74) is 2.81. The third-order valence-electron chi connectivity index (χ3n) is 5.57. The SMILES string of the molecule is COc1ccc(OC)c(C(C)NC(=O)c2ccc(CN3CCCCCC3)cc2)c1. The van der Waals surface area contributed by atoms with Crippen LogP contribution in [0.2, 0.25) is 0 Å². The van der Waals surface area contributed by atoms with E-state index < -0.39 is 0 Å². The van der Waals surface area contributed by atoms with Gasteiger partial charge in [-0.3, -0.25) is 9.69 Å². The summed E-state index contributed by atoms with van der Waals surface area (Å²) in [7, 11) is 3.25. The average molecular weight is 397 g/mol. The molecule has 1 aliphatic rings. The first-order chi connectivity index (χ1) is 14.1. The van der Waals surface area contributed by atoms with E-state index in [9.17, 15) is 4.79 Å². The summed E-state index contributed by atoms with van der Waals surface area (Å²) >= 11 is 0. The fourth-order valence-corrected chi connectivity index (χ4v) is 3.85. The van der Waals surface area contributed by atoms with Gasteiger partial charge in [0.2, 0.25) is 0 Å². The predicted molar refractivity (Wildman–Crippen MR) is 116 cm³/mol. The molecular formula is C24H32N2O3. The van der Waals surface area contributed by atoms with Gasteiger partial charge >= 0.3 is 0 Å². The minimum absolute atomic E-state index is 0.0938. The van der Waals surface area contributed by atoms with E-state index in [1.54, 1.807) is 14.2 Å². The Labute approximate surface area is 174 Å². The van der Waals surface area contributed by atoms with Gasteiger partial charge in [-0.25, -0.2) is 0 Å². The molecule has 1 heterocycles. The second-order valence-electron chi connectivity index (χ2n) is 7.69. The highest BCUT2D eigenvalue weighted by atomic mass is 16.5. The van der Waals surface area contributed by atoms with Gasteiger partial charge < -0.3 is 14.8 Å². The second-order valence-corrected chi connectivity index (χ2v) is 7.69. The van der Waals surface area contributed by atoms with Gasteiger partial charge in [-0.05, 0) is 68.8 Å². The molecule has 0 saturated carbocycles. The van der Waals surface area contributed by atoms with Crippen molar-refractivity contribution in [3.05, 3.63) is 59.2 Å². The fourth-order valence-electron chi connectivity index (χ4n) is 3.85. The zero-order chi connectivity index (χ0) is 20.6. The molecule has 2 aromatic rings. The van der Waals surface area contributed by atoms with Gasteiger partial charge in [0.15, 0.2) is 0 Å². The molecular weight excluding hydrogens is 364 g/mol. The number of likely N-dealkylation sites (tertiary alicyclic amines) is 1.